The van der Waals surface area contributed by atoms with Gasteiger partial charge >= 0.3 is 0 Å². The zero-order valence-electron chi connectivity index (χ0n) is 8.77. The van der Waals surface area contributed by atoms with Crippen molar-refractivity contribution < 1.29 is 5.11 Å². The summed E-state index contributed by atoms with van der Waals surface area (Å²) < 4.78 is 0. The predicted molar refractivity (Wildman–Crippen MR) is 60.5 cm³/mol. The largest absolute Gasteiger partial charge is 0.398 e. The fraction of sp³-hybridized carbons (Fsp3) is 0.364. The Morgan fingerprint density at radius 1 is 1.53 bits per heavy atom. The number of anilines is 2. The zero-order chi connectivity index (χ0) is 11.3. The lowest BCUT2D eigenvalue weighted by molar-refractivity contribution is 0.302. The van der Waals surface area contributed by atoms with Crippen molar-refractivity contribution in [2.45, 2.75) is 6.92 Å². The summed E-state index contributed by atoms with van der Waals surface area (Å²) in [5.41, 5.74) is 7.50. The molecule has 0 aliphatic heterocycles. The number of aliphatic hydroxyl groups excluding tert-OH is 1. The molecule has 3 N–H and O–H groups in total. The van der Waals surface area contributed by atoms with E-state index in [-0.39, 0.29) is 6.61 Å². The van der Waals surface area contributed by atoms with E-state index in [0.717, 1.165) is 12.2 Å². The van der Waals surface area contributed by atoms with Gasteiger partial charge in [-0.15, -0.1) is 0 Å². The van der Waals surface area contributed by atoms with Crippen LogP contribution in [0.2, 0.25) is 0 Å². The fourth-order valence-electron chi connectivity index (χ4n) is 1.43. The number of rotatable bonds is 4. The Balaban J connectivity index is 2.99. The van der Waals surface area contributed by atoms with E-state index in [2.05, 4.69) is 0 Å². The van der Waals surface area contributed by atoms with Crippen molar-refractivity contribution in [1.82, 2.24) is 0 Å². The highest BCUT2D eigenvalue weighted by Crippen LogP contribution is 2.20. The van der Waals surface area contributed by atoms with Gasteiger partial charge in [0.2, 0.25) is 0 Å². The predicted octanol–water partition coefficient (Wildman–Crippen LogP) is 0.959. The van der Waals surface area contributed by atoms with Gasteiger partial charge in [0, 0.05) is 24.5 Å². The molecule has 0 aliphatic carbocycles. The quantitative estimate of drug-likeness (QED) is 0.718. The van der Waals surface area contributed by atoms with Gasteiger partial charge < -0.3 is 15.7 Å². The summed E-state index contributed by atoms with van der Waals surface area (Å²) in [6, 6.07) is 7.36. The summed E-state index contributed by atoms with van der Waals surface area (Å²) in [6.45, 7) is 3.44. The number of nitrogens with zero attached hydrogens (tertiary/aromatic N) is 2. The molecule has 0 saturated heterocycles. The monoisotopic (exact) mass is 205 g/mol. The summed E-state index contributed by atoms with van der Waals surface area (Å²) in [7, 11) is 0. The third-order valence-corrected chi connectivity index (χ3v) is 2.27. The highest BCUT2D eigenvalue weighted by molar-refractivity contribution is 5.62. The highest BCUT2D eigenvalue weighted by atomic mass is 16.3. The van der Waals surface area contributed by atoms with Crippen LogP contribution in [0, 0.1) is 11.3 Å². The number of hydrogen-bond donors (Lipinski definition) is 2. The molecule has 0 heterocycles. The van der Waals surface area contributed by atoms with Crippen LogP contribution in [0.3, 0.4) is 0 Å². The molecule has 15 heavy (non-hydrogen) atoms. The van der Waals surface area contributed by atoms with Crippen LogP contribution in [0.5, 0.6) is 0 Å². The minimum absolute atomic E-state index is 0.0973. The molecule has 0 atom stereocenters. The molecule has 0 radical (unpaired) electrons. The summed E-state index contributed by atoms with van der Waals surface area (Å²) in [5, 5.41) is 17.7. The maximum absolute atomic E-state index is 8.88. The minimum atomic E-state index is 0.0973. The lowest BCUT2D eigenvalue weighted by Gasteiger charge is -2.22. The Morgan fingerprint density at radius 2 is 2.27 bits per heavy atom. The van der Waals surface area contributed by atoms with Crippen LogP contribution >= 0.6 is 0 Å². The van der Waals surface area contributed by atoms with Crippen molar-refractivity contribution in [3.63, 3.8) is 0 Å². The smallest absolute Gasteiger partial charge is 0.101 e. The zero-order valence-corrected chi connectivity index (χ0v) is 8.77. The molecule has 0 aliphatic rings. The molecule has 0 aromatic heterocycles. The van der Waals surface area contributed by atoms with E-state index in [0.29, 0.717) is 17.8 Å². The second-order valence-electron chi connectivity index (χ2n) is 3.19. The average molecular weight is 205 g/mol. The Hall–Kier alpha value is -1.73. The molecule has 1 aromatic carbocycles. The highest BCUT2D eigenvalue weighted by Gasteiger charge is 2.06. The van der Waals surface area contributed by atoms with E-state index < -0.39 is 0 Å². The van der Waals surface area contributed by atoms with Crippen molar-refractivity contribution in [2.75, 3.05) is 30.3 Å². The number of aliphatic hydroxyl groups is 1. The summed E-state index contributed by atoms with van der Waals surface area (Å²) >= 11 is 0. The van der Waals surface area contributed by atoms with Gasteiger partial charge in [-0.25, -0.2) is 0 Å². The molecule has 0 bridgehead atoms. The van der Waals surface area contributed by atoms with Crippen LogP contribution < -0.4 is 10.6 Å². The molecule has 0 fully saturated rings. The molecule has 1 rings (SSSR count). The normalized spacial score (nSPS) is 9.67. The topological polar surface area (TPSA) is 73.3 Å². The van der Waals surface area contributed by atoms with Crippen molar-refractivity contribution in [3.05, 3.63) is 23.8 Å². The van der Waals surface area contributed by atoms with Gasteiger partial charge in [0.1, 0.15) is 6.07 Å². The molecule has 4 nitrogen and oxygen atoms in total. The van der Waals surface area contributed by atoms with Crippen LogP contribution in [-0.4, -0.2) is 24.8 Å². The summed E-state index contributed by atoms with van der Waals surface area (Å²) in [5.74, 6) is 0. The number of nitrogens with two attached hydrogens (primary N) is 1. The number of benzene rings is 1. The van der Waals surface area contributed by atoms with Crippen molar-refractivity contribution in [1.29, 1.82) is 5.26 Å². The molecule has 0 spiro atoms. The third-order valence-electron chi connectivity index (χ3n) is 2.27. The Kier molecular flexibility index (Phi) is 3.95. The standard InChI is InChI=1S/C11H15N3O/c1-2-14(5-6-15)10-3-4-11(13)9(7-10)8-12/h3-4,7,15H,2,5-6,13H2,1H3. The van der Waals surface area contributed by atoms with Crippen molar-refractivity contribution >= 4 is 11.4 Å². The second-order valence-corrected chi connectivity index (χ2v) is 3.19. The molecule has 0 saturated carbocycles. The maximum Gasteiger partial charge on any atom is 0.101 e. The summed E-state index contributed by atoms with van der Waals surface area (Å²) in [4.78, 5) is 1.99. The van der Waals surface area contributed by atoms with Crippen LogP contribution in [0.1, 0.15) is 12.5 Å². The molecular weight excluding hydrogens is 190 g/mol. The van der Waals surface area contributed by atoms with Crippen LogP contribution in [0.25, 0.3) is 0 Å². The molecule has 80 valence electrons. The van der Waals surface area contributed by atoms with Gasteiger partial charge in [-0.3, -0.25) is 0 Å². The van der Waals surface area contributed by atoms with E-state index in [1.54, 1.807) is 12.1 Å². The Bertz CT molecular complexity index is 371. The first-order valence-corrected chi connectivity index (χ1v) is 4.88. The van der Waals surface area contributed by atoms with E-state index in [4.69, 9.17) is 16.1 Å². The van der Waals surface area contributed by atoms with Gasteiger partial charge in [-0.05, 0) is 25.1 Å². The van der Waals surface area contributed by atoms with Crippen LogP contribution in [-0.2, 0) is 0 Å². The SMILES string of the molecule is CCN(CCO)c1ccc(N)c(C#N)c1. The lowest BCUT2D eigenvalue weighted by atomic mass is 10.1. The second kappa shape index (κ2) is 5.23. The number of nitrogen functional groups attached to an aromatic ring is 1. The number of hydrogen-bond acceptors (Lipinski definition) is 4. The first-order chi connectivity index (χ1) is 7.22. The molecule has 1 aromatic rings. The average Bonchev–Trinajstić information content (AvgIpc) is 2.27. The van der Waals surface area contributed by atoms with Gasteiger partial charge in [-0.2, -0.15) is 5.26 Å². The summed E-state index contributed by atoms with van der Waals surface area (Å²) in [6.07, 6.45) is 0. The lowest BCUT2D eigenvalue weighted by Crippen LogP contribution is -2.26. The molecular formula is C11H15N3O. The molecule has 0 amide bonds. The Morgan fingerprint density at radius 3 is 2.80 bits per heavy atom. The van der Waals surface area contributed by atoms with Gasteiger partial charge in [0.25, 0.3) is 0 Å². The first-order valence-electron chi connectivity index (χ1n) is 4.88. The third kappa shape index (κ3) is 2.61. The van der Waals surface area contributed by atoms with E-state index >= 15 is 0 Å². The van der Waals surface area contributed by atoms with E-state index in [1.165, 1.54) is 0 Å². The van der Waals surface area contributed by atoms with Gasteiger partial charge in [0.05, 0.1) is 12.2 Å². The Labute approximate surface area is 89.5 Å². The van der Waals surface area contributed by atoms with Gasteiger partial charge in [-0.1, -0.05) is 0 Å². The molecule has 4 heteroatoms. The fourth-order valence-corrected chi connectivity index (χ4v) is 1.43. The van der Waals surface area contributed by atoms with Crippen molar-refractivity contribution in [3.8, 4) is 6.07 Å². The molecule has 0 unspecified atom stereocenters. The van der Waals surface area contributed by atoms with E-state index in [1.807, 2.05) is 24.0 Å². The van der Waals surface area contributed by atoms with Crippen LogP contribution in [0.15, 0.2) is 18.2 Å². The maximum atomic E-state index is 8.88. The first kappa shape index (κ1) is 11.3. The number of likely N-dealkylation sites (N-methyl/N-ethyl adjacent to an activating group) is 1. The minimum Gasteiger partial charge on any atom is -0.398 e. The number of nitriles is 1. The van der Waals surface area contributed by atoms with Crippen LogP contribution in [0.4, 0.5) is 11.4 Å². The van der Waals surface area contributed by atoms with Gasteiger partial charge in [0.15, 0.2) is 0 Å². The van der Waals surface area contributed by atoms with Crippen molar-refractivity contribution in [2.24, 2.45) is 0 Å². The van der Waals surface area contributed by atoms with E-state index in [9.17, 15) is 0 Å².